The minimum Gasteiger partial charge on any atom is -0.475 e. The largest absolute Gasteiger partial charge is 0.490 e. The van der Waals surface area contributed by atoms with Crippen LogP contribution >= 0.6 is 0 Å². The van der Waals surface area contributed by atoms with Crippen LogP contribution in [-0.2, 0) is 31.2 Å². The average molecular weight is 440 g/mol. The fourth-order valence-electron chi connectivity index (χ4n) is 3.80. The van der Waals surface area contributed by atoms with Gasteiger partial charge in [-0.05, 0) is 31.7 Å². The zero-order valence-corrected chi connectivity index (χ0v) is 17.7. The smallest absolute Gasteiger partial charge is 0.475 e. The highest BCUT2D eigenvalue weighted by atomic mass is 19.4. The highest BCUT2D eigenvalue weighted by molar-refractivity contribution is 5.73. The monoisotopic (exact) mass is 440 g/mol. The number of carboxylic acids is 1. The van der Waals surface area contributed by atoms with Gasteiger partial charge in [-0.25, -0.2) is 19.7 Å². The van der Waals surface area contributed by atoms with Gasteiger partial charge in [-0.15, -0.1) is 0 Å². The summed E-state index contributed by atoms with van der Waals surface area (Å²) in [5, 5.41) is 7.12. The molecular formula is C20H27F3N6O2. The van der Waals surface area contributed by atoms with Crippen LogP contribution in [-0.4, -0.2) is 67.9 Å². The Labute approximate surface area is 178 Å². The van der Waals surface area contributed by atoms with E-state index in [1.165, 1.54) is 35.5 Å². The molecule has 0 atom stereocenters. The first-order valence-corrected chi connectivity index (χ1v) is 10.2. The van der Waals surface area contributed by atoms with E-state index in [0.29, 0.717) is 0 Å². The van der Waals surface area contributed by atoms with Crippen molar-refractivity contribution in [1.82, 2.24) is 24.4 Å². The molecule has 8 nitrogen and oxygen atoms in total. The number of carboxylic acid groups (broad SMARTS) is 1. The second-order valence-electron chi connectivity index (χ2n) is 7.80. The van der Waals surface area contributed by atoms with Crippen LogP contribution in [0.25, 0.3) is 0 Å². The number of anilines is 1. The van der Waals surface area contributed by atoms with Crippen molar-refractivity contribution in [2.24, 2.45) is 7.05 Å². The minimum atomic E-state index is -5.08. The standard InChI is InChI=1S/C18H26N6.C2HF3O2/c1-14-16-5-9-23(12-15-11-19-13-22(15)2)10-6-17(16)21-18(20-14)24-7-3-4-8-24;3-2(4,5)1(6)7/h11,13H,3-10,12H2,1-2H3;(H,6,7). The Kier molecular flexibility index (Phi) is 7.14. The predicted octanol–water partition coefficient (Wildman–Crippen LogP) is 2.35. The molecule has 1 saturated heterocycles. The minimum absolute atomic E-state index is 0.948. The maximum absolute atomic E-state index is 10.6. The Bertz CT molecular complexity index is 909. The Hall–Kier alpha value is -2.69. The first-order valence-electron chi connectivity index (χ1n) is 10.2. The van der Waals surface area contributed by atoms with Gasteiger partial charge in [0.25, 0.3) is 0 Å². The fraction of sp³-hybridized carbons (Fsp3) is 0.600. The molecule has 2 aliphatic rings. The maximum atomic E-state index is 10.6. The molecule has 0 aliphatic carbocycles. The molecule has 4 rings (SSSR count). The molecule has 4 heterocycles. The molecule has 2 aliphatic heterocycles. The number of nitrogens with zero attached hydrogens (tertiary/aromatic N) is 6. The molecule has 0 spiro atoms. The van der Waals surface area contributed by atoms with Crippen molar-refractivity contribution in [1.29, 1.82) is 0 Å². The van der Waals surface area contributed by atoms with Gasteiger partial charge in [0, 0.05) is 58.1 Å². The SMILES string of the molecule is Cc1nc(N2CCCC2)nc2c1CCN(Cc1cncn1C)CC2.O=C(O)C(F)(F)F. The number of hydrogen-bond acceptors (Lipinski definition) is 6. The van der Waals surface area contributed by atoms with E-state index in [1.54, 1.807) is 0 Å². The van der Waals surface area contributed by atoms with Crippen LogP contribution in [0.15, 0.2) is 12.5 Å². The van der Waals surface area contributed by atoms with E-state index in [2.05, 4.69) is 33.3 Å². The predicted molar refractivity (Wildman–Crippen MR) is 108 cm³/mol. The summed E-state index contributed by atoms with van der Waals surface area (Å²) >= 11 is 0. The van der Waals surface area contributed by atoms with Crippen molar-refractivity contribution in [2.45, 2.75) is 45.3 Å². The zero-order valence-electron chi connectivity index (χ0n) is 17.7. The molecule has 0 bridgehead atoms. The van der Waals surface area contributed by atoms with Gasteiger partial charge in [0.05, 0.1) is 17.7 Å². The molecule has 31 heavy (non-hydrogen) atoms. The van der Waals surface area contributed by atoms with Crippen LogP contribution in [0.4, 0.5) is 19.1 Å². The number of alkyl halides is 3. The van der Waals surface area contributed by atoms with Crippen LogP contribution in [0.2, 0.25) is 0 Å². The molecule has 0 radical (unpaired) electrons. The highest BCUT2D eigenvalue weighted by Gasteiger charge is 2.38. The van der Waals surface area contributed by atoms with E-state index in [1.807, 2.05) is 12.5 Å². The van der Waals surface area contributed by atoms with Gasteiger partial charge < -0.3 is 14.6 Å². The first-order chi connectivity index (χ1) is 14.6. The quantitative estimate of drug-likeness (QED) is 0.784. The Morgan fingerprint density at radius 2 is 1.77 bits per heavy atom. The van der Waals surface area contributed by atoms with Gasteiger partial charge in [-0.1, -0.05) is 0 Å². The van der Waals surface area contributed by atoms with Crippen molar-refractivity contribution >= 4 is 11.9 Å². The third kappa shape index (κ3) is 5.93. The average Bonchev–Trinajstić information content (AvgIpc) is 3.32. The number of imidazole rings is 1. The topological polar surface area (TPSA) is 87.4 Å². The summed E-state index contributed by atoms with van der Waals surface area (Å²) in [6.07, 6.45) is 3.33. The van der Waals surface area contributed by atoms with Gasteiger partial charge in [0.1, 0.15) is 0 Å². The summed E-state index contributed by atoms with van der Waals surface area (Å²) in [6.45, 7) is 7.42. The second-order valence-corrected chi connectivity index (χ2v) is 7.80. The van der Waals surface area contributed by atoms with E-state index >= 15 is 0 Å². The number of fused-ring (bicyclic) bond motifs is 1. The van der Waals surface area contributed by atoms with E-state index < -0.39 is 12.1 Å². The molecule has 2 aromatic heterocycles. The Morgan fingerprint density at radius 3 is 2.35 bits per heavy atom. The fourth-order valence-corrected chi connectivity index (χ4v) is 3.80. The van der Waals surface area contributed by atoms with E-state index in [9.17, 15) is 13.2 Å². The Morgan fingerprint density at radius 1 is 1.13 bits per heavy atom. The number of carbonyl (C=O) groups is 1. The molecule has 2 aromatic rings. The van der Waals surface area contributed by atoms with Gasteiger partial charge in [0.15, 0.2) is 0 Å². The molecule has 1 N–H and O–H groups in total. The first kappa shape index (κ1) is 23.0. The van der Waals surface area contributed by atoms with Crippen LogP contribution in [0.5, 0.6) is 0 Å². The number of aryl methyl sites for hydroxylation is 2. The van der Waals surface area contributed by atoms with E-state index in [-0.39, 0.29) is 0 Å². The third-order valence-electron chi connectivity index (χ3n) is 5.56. The molecular weight excluding hydrogens is 413 g/mol. The zero-order chi connectivity index (χ0) is 22.6. The van der Waals surface area contributed by atoms with Gasteiger partial charge in [-0.3, -0.25) is 4.90 Å². The van der Waals surface area contributed by atoms with Crippen molar-refractivity contribution in [3.63, 3.8) is 0 Å². The van der Waals surface area contributed by atoms with Crippen molar-refractivity contribution < 1.29 is 23.1 Å². The van der Waals surface area contributed by atoms with Crippen LogP contribution in [0.1, 0.15) is 35.5 Å². The summed E-state index contributed by atoms with van der Waals surface area (Å²) in [4.78, 5) is 27.7. The number of aliphatic carboxylic acids is 1. The van der Waals surface area contributed by atoms with E-state index in [4.69, 9.17) is 19.9 Å². The van der Waals surface area contributed by atoms with Gasteiger partial charge in [0.2, 0.25) is 5.95 Å². The number of hydrogen-bond donors (Lipinski definition) is 1. The van der Waals surface area contributed by atoms with Crippen LogP contribution < -0.4 is 4.90 Å². The lowest BCUT2D eigenvalue weighted by Crippen LogP contribution is -2.26. The number of halogens is 3. The van der Waals surface area contributed by atoms with Crippen molar-refractivity contribution in [3.05, 3.63) is 35.2 Å². The summed E-state index contributed by atoms with van der Waals surface area (Å²) in [7, 11) is 2.06. The van der Waals surface area contributed by atoms with Crippen LogP contribution in [0.3, 0.4) is 0 Å². The number of rotatable bonds is 3. The van der Waals surface area contributed by atoms with Crippen molar-refractivity contribution in [3.8, 4) is 0 Å². The van der Waals surface area contributed by atoms with E-state index in [0.717, 1.165) is 51.5 Å². The summed E-state index contributed by atoms with van der Waals surface area (Å²) in [6, 6.07) is 0. The maximum Gasteiger partial charge on any atom is 0.490 e. The lowest BCUT2D eigenvalue weighted by atomic mass is 10.1. The molecule has 0 unspecified atom stereocenters. The molecule has 0 aromatic carbocycles. The number of aromatic nitrogens is 4. The lowest BCUT2D eigenvalue weighted by molar-refractivity contribution is -0.192. The lowest BCUT2D eigenvalue weighted by Gasteiger charge is -2.19. The van der Waals surface area contributed by atoms with Gasteiger partial charge in [-0.2, -0.15) is 13.2 Å². The normalized spacial score (nSPS) is 17.0. The van der Waals surface area contributed by atoms with Gasteiger partial charge >= 0.3 is 12.1 Å². The summed E-state index contributed by atoms with van der Waals surface area (Å²) in [5.41, 5.74) is 5.06. The van der Waals surface area contributed by atoms with Crippen LogP contribution in [0, 0.1) is 6.92 Å². The molecule has 170 valence electrons. The summed E-state index contributed by atoms with van der Waals surface area (Å²) in [5.74, 6) is -1.81. The third-order valence-corrected chi connectivity index (χ3v) is 5.56. The Balaban J connectivity index is 0.000000339. The second kappa shape index (κ2) is 9.63. The molecule has 11 heteroatoms. The molecule has 1 fully saturated rings. The molecule has 0 amide bonds. The highest BCUT2D eigenvalue weighted by Crippen LogP contribution is 2.23. The summed E-state index contributed by atoms with van der Waals surface area (Å²) < 4.78 is 33.8. The van der Waals surface area contributed by atoms with Crippen molar-refractivity contribution in [2.75, 3.05) is 31.1 Å². The molecule has 0 saturated carbocycles.